The summed E-state index contributed by atoms with van der Waals surface area (Å²) in [7, 11) is 1.85. The Kier molecular flexibility index (Phi) is 4.83. The summed E-state index contributed by atoms with van der Waals surface area (Å²) in [5.41, 5.74) is 3.20. The van der Waals surface area contributed by atoms with Crippen molar-refractivity contribution in [3.05, 3.63) is 48.2 Å². The molecule has 2 aromatic heterocycles. The van der Waals surface area contributed by atoms with E-state index in [0.717, 1.165) is 22.3 Å². The Balaban J connectivity index is 2.16. The molecule has 0 aliphatic heterocycles. The number of benzene rings is 1. The van der Waals surface area contributed by atoms with Crippen LogP contribution in [0.25, 0.3) is 22.3 Å². The van der Waals surface area contributed by atoms with Gasteiger partial charge >= 0.3 is 0 Å². The van der Waals surface area contributed by atoms with Crippen LogP contribution < -0.4 is 0 Å². The molecule has 130 valence electrons. The molecule has 5 heteroatoms. The van der Waals surface area contributed by atoms with Gasteiger partial charge in [0.2, 0.25) is 0 Å². The van der Waals surface area contributed by atoms with Gasteiger partial charge < -0.3 is 4.90 Å². The highest BCUT2D eigenvalue weighted by atomic mass is 16.2. The first-order chi connectivity index (χ1) is 12.0. The van der Waals surface area contributed by atoms with Crippen molar-refractivity contribution >= 4 is 16.9 Å². The van der Waals surface area contributed by atoms with Crippen LogP contribution in [0.5, 0.6) is 0 Å². The fraction of sp³-hybridized carbons (Fsp3) is 0.350. The van der Waals surface area contributed by atoms with E-state index in [1.165, 1.54) is 0 Å². The van der Waals surface area contributed by atoms with Crippen molar-refractivity contribution in [2.24, 2.45) is 5.92 Å². The van der Waals surface area contributed by atoms with Crippen molar-refractivity contribution < 1.29 is 4.79 Å². The van der Waals surface area contributed by atoms with Crippen molar-refractivity contribution in [3.8, 4) is 11.3 Å². The van der Waals surface area contributed by atoms with E-state index in [0.29, 0.717) is 24.6 Å². The summed E-state index contributed by atoms with van der Waals surface area (Å²) in [4.78, 5) is 19.6. The second kappa shape index (κ2) is 7.05. The first-order valence-electron chi connectivity index (χ1n) is 8.68. The van der Waals surface area contributed by atoms with Crippen molar-refractivity contribution in [1.82, 2.24) is 19.7 Å². The van der Waals surface area contributed by atoms with Gasteiger partial charge in [-0.15, -0.1) is 0 Å². The third-order valence-electron chi connectivity index (χ3n) is 4.19. The fourth-order valence-corrected chi connectivity index (χ4v) is 3.05. The molecule has 0 atom stereocenters. The molecule has 25 heavy (non-hydrogen) atoms. The molecule has 5 nitrogen and oxygen atoms in total. The van der Waals surface area contributed by atoms with Crippen LogP contribution in [0.15, 0.2) is 42.6 Å². The number of amides is 1. The molecule has 0 aliphatic carbocycles. The Hall–Kier alpha value is -2.69. The Morgan fingerprint density at radius 3 is 2.60 bits per heavy atom. The monoisotopic (exact) mass is 336 g/mol. The number of rotatable bonds is 5. The van der Waals surface area contributed by atoms with E-state index in [2.05, 4.69) is 18.9 Å². The molecule has 0 bridgehead atoms. The predicted molar refractivity (Wildman–Crippen MR) is 100 cm³/mol. The van der Waals surface area contributed by atoms with E-state index in [1.54, 1.807) is 11.1 Å². The molecule has 3 rings (SSSR count). The number of pyridine rings is 1. The van der Waals surface area contributed by atoms with Gasteiger partial charge in [-0.2, -0.15) is 5.10 Å². The van der Waals surface area contributed by atoms with Crippen LogP contribution in [0.2, 0.25) is 0 Å². The number of nitrogens with zero attached hydrogens (tertiary/aromatic N) is 4. The molecule has 0 N–H and O–H groups in total. The summed E-state index contributed by atoms with van der Waals surface area (Å²) in [5.74, 6) is 0.423. The molecule has 2 heterocycles. The molecule has 0 spiro atoms. The lowest BCUT2D eigenvalue weighted by molar-refractivity contribution is 0.0781. The lowest BCUT2D eigenvalue weighted by Crippen LogP contribution is -2.30. The van der Waals surface area contributed by atoms with E-state index in [9.17, 15) is 4.79 Å². The molecule has 0 saturated carbocycles. The second-order valence-electron chi connectivity index (χ2n) is 6.70. The van der Waals surface area contributed by atoms with Gasteiger partial charge in [0.25, 0.3) is 5.91 Å². The second-order valence-corrected chi connectivity index (χ2v) is 6.70. The number of carbonyl (C=O) groups excluding carboxylic acids is 1. The highest BCUT2D eigenvalue weighted by Crippen LogP contribution is 2.25. The molecular formula is C20H24N4O. The molecule has 0 saturated heterocycles. The first-order valence-corrected chi connectivity index (χ1v) is 8.68. The zero-order valence-electron chi connectivity index (χ0n) is 15.2. The highest BCUT2D eigenvalue weighted by Gasteiger charge is 2.20. The SMILES string of the molecule is CCn1ncc2c(C(=O)N(C)CC(C)C)cc(-c3ccccc3)nc21. The summed E-state index contributed by atoms with van der Waals surface area (Å²) < 4.78 is 1.83. The van der Waals surface area contributed by atoms with E-state index < -0.39 is 0 Å². The summed E-state index contributed by atoms with van der Waals surface area (Å²) in [5, 5.41) is 5.20. The molecular weight excluding hydrogens is 312 g/mol. The Morgan fingerprint density at radius 2 is 1.96 bits per heavy atom. The molecule has 1 aromatic carbocycles. The van der Waals surface area contributed by atoms with Crippen LogP contribution in [0.4, 0.5) is 0 Å². The smallest absolute Gasteiger partial charge is 0.254 e. The molecule has 0 unspecified atom stereocenters. The van der Waals surface area contributed by atoms with E-state index in [1.807, 2.05) is 55.1 Å². The van der Waals surface area contributed by atoms with Gasteiger partial charge in [0.05, 0.1) is 22.8 Å². The minimum atomic E-state index is 0.00827. The Morgan fingerprint density at radius 1 is 1.24 bits per heavy atom. The van der Waals surface area contributed by atoms with E-state index >= 15 is 0 Å². The normalized spacial score (nSPS) is 11.2. The maximum atomic E-state index is 13.0. The molecule has 0 fully saturated rings. The van der Waals surface area contributed by atoms with Gasteiger partial charge in [-0.1, -0.05) is 44.2 Å². The topological polar surface area (TPSA) is 51.0 Å². The Labute approximate surface area is 148 Å². The van der Waals surface area contributed by atoms with Crippen molar-refractivity contribution in [2.75, 3.05) is 13.6 Å². The number of aromatic nitrogens is 3. The minimum Gasteiger partial charge on any atom is -0.341 e. The number of aryl methyl sites for hydroxylation is 1. The van der Waals surface area contributed by atoms with E-state index in [-0.39, 0.29) is 5.91 Å². The summed E-state index contributed by atoms with van der Waals surface area (Å²) in [6.45, 7) is 7.66. The van der Waals surface area contributed by atoms with Crippen LogP contribution in [0.3, 0.4) is 0 Å². The number of fused-ring (bicyclic) bond motifs is 1. The number of carbonyl (C=O) groups is 1. The van der Waals surface area contributed by atoms with Crippen molar-refractivity contribution in [2.45, 2.75) is 27.3 Å². The minimum absolute atomic E-state index is 0.00827. The summed E-state index contributed by atoms with van der Waals surface area (Å²) in [6.07, 6.45) is 1.75. The summed E-state index contributed by atoms with van der Waals surface area (Å²) in [6, 6.07) is 11.8. The first kappa shape index (κ1) is 17.1. The van der Waals surface area contributed by atoms with Crippen LogP contribution >= 0.6 is 0 Å². The fourth-order valence-electron chi connectivity index (χ4n) is 3.05. The summed E-state index contributed by atoms with van der Waals surface area (Å²) >= 11 is 0. The molecule has 0 aliphatic rings. The highest BCUT2D eigenvalue weighted by molar-refractivity contribution is 6.06. The van der Waals surface area contributed by atoms with Crippen molar-refractivity contribution in [3.63, 3.8) is 0 Å². The van der Waals surface area contributed by atoms with Gasteiger partial charge in [-0.05, 0) is 18.9 Å². The quantitative estimate of drug-likeness (QED) is 0.711. The van der Waals surface area contributed by atoms with E-state index in [4.69, 9.17) is 4.98 Å². The zero-order chi connectivity index (χ0) is 18.0. The van der Waals surface area contributed by atoms with Crippen LogP contribution in [0, 0.1) is 5.92 Å². The van der Waals surface area contributed by atoms with Crippen LogP contribution in [-0.2, 0) is 6.54 Å². The van der Waals surface area contributed by atoms with Gasteiger partial charge in [0.1, 0.15) is 0 Å². The molecule has 1 amide bonds. The van der Waals surface area contributed by atoms with Gasteiger partial charge in [-0.25, -0.2) is 9.67 Å². The van der Waals surface area contributed by atoms with Gasteiger partial charge in [0.15, 0.2) is 5.65 Å². The maximum absolute atomic E-state index is 13.0. The van der Waals surface area contributed by atoms with Crippen LogP contribution in [0.1, 0.15) is 31.1 Å². The van der Waals surface area contributed by atoms with Gasteiger partial charge in [-0.3, -0.25) is 4.79 Å². The standard InChI is InChI=1S/C20H24N4O/c1-5-24-19-17(12-21-24)16(20(25)23(4)13-14(2)3)11-18(22-19)15-9-7-6-8-10-15/h6-12,14H,5,13H2,1-4H3. The molecule has 3 aromatic rings. The average Bonchev–Trinajstić information content (AvgIpc) is 3.03. The van der Waals surface area contributed by atoms with Gasteiger partial charge in [0, 0.05) is 25.7 Å². The lowest BCUT2D eigenvalue weighted by Gasteiger charge is -2.20. The van der Waals surface area contributed by atoms with Crippen molar-refractivity contribution in [1.29, 1.82) is 0 Å². The van der Waals surface area contributed by atoms with Crippen LogP contribution in [-0.4, -0.2) is 39.2 Å². The zero-order valence-corrected chi connectivity index (χ0v) is 15.2. The predicted octanol–water partition coefficient (Wildman–Crippen LogP) is 3.85. The maximum Gasteiger partial charge on any atom is 0.254 e. The third kappa shape index (κ3) is 3.40. The average molecular weight is 336 g/mol. The third-order valence-corrected chi connectivity index (χ3v) is 4.19. The number of hydrogen-bond acceptors (Lipinski definition) is 3. The lowest BCUT2D eigenvalue weighted by atomic mass is 10.1. The molecule has 0 radical (unpaired) electrons. The largest absolute Gasteiger partial charge is 0.341 e. The Bertz CT molecular complexity index is 883. The number of hydrogen-bond donors (Lipinski definition) is 0.